The summed E-state index contributed by atoms with van der Waals surface area (Å²) in [5, 5.41) is 0.728. The summed E-state index contributed by atoms with van der Waals surface area (Å²) in [6, 6.07) is 5.86. The van der Waals surface area contributed by atoms with E-state index in [9.17, 15) is 4.79 Å². The van der Waals surface area contributed by atoms with Gasteiger partial charge in [0.2, 0.25) is 0 Å². The molecule has 1 aromatic carbocycles. The van der Waals surface area contributed by atoms with E-state index < -0.39 is 0 Å². The standard InChI is InChI=1S/C17H17ClN2O2/c18-13-3-1-2-12-15-9-19-10-20(15)14(17(12)13)8-16(21)11-4-6-22-7-5-11/h1-3,9-11,14H,4-8H2. The quantitative estimate of drug-likeness (QED) is 0.870. The monoisotopic (exact) mass is 316 g/mol. The number of carbonyl (C=O) groups excluding carboxylic acids is 1. The van der Waals surface area contributed by atoms with Crippen LogP contribution < -0.4 is 0 Å². The van der Waals surface area contributed by atoms with Gasteiger partial charge < -0.3 is 9.30 Å². The third kappa shape index (κ3) is 2.18. The van der Waals surface area contributed by atoms with Gasteiger partial charge in [-0.2, -0.15) is 0 Å². The van der Waals surface area contributed by atoms with E-state index in [0.29, 0.717) is 25.4 Å². The number of ether oxygens (including phenoxy) is 1. The molecule has 1 aromatic heterocycles. The fourth-order valence-electron chi connectivity index (χ4n) is 3.58. The molecule has 1 fully saturated rings. The lowest BCUT2D eigenvalue weighted by molar-refractivity contribution is -0.126. The van der Waals surface area contributed by atoms with Gasteiger partial charge in [-0.25, -0.2) is 4.98 Å². The number of aromatic nitrogens is 2. The van der Waals surface area contributed by atoms with Crippen molar-refractivity contribution in [3.8, 4) is 11.3 Å². The first-order chi connectivity index (χ1) is 10.8. The number of carbonyl (C=O) groups is 1. The van der Waals surface area contributed by atoms with Crippen molar-refractivity contribution in [3.05, 3.63) is 41.3 Å². The lowest BCUT2D eigenvalue weighted by Gasteiger charge is -2.23. The number of halogens is 1. The number of fused-ring (bicyclic) bond motifs is 3. The number of Topliss-reactive ketones (excluding diaryl/α,β-unsaturated/α-hetero) is 1. The van der Waals surface area contributed by atoms with Crippen molar-refractivity contribution in [2.75, 3.05) is 13.2 Å². The molecule has 1 unspecified atom stereocenters. The molecular formula is C17H17ClN2O2. The zero-order chi connectivity index (χ0) is 15.1. The maximum Gasteiger partial charge on any atom is 0.138 e. The Labute approximate surface area is 134 Å². The van der Waals surface area contributed by atoms with Crippen LogP contribution in [-0.4, -0.2) is 28.5 Å². The Hall–Kier alpha value is -1.65. The van der Waals surface area contributed by atoms with Crippen molar-refractivity contribution in [1.82, 2.24) is 9.55 Å². The third-order valence-electron chi connectivity index (χ3n) is 4.74. The van der Waals surface area contributed by atoms with Crippen LogP contribution in [0.3, 0.4) is 0 Å². The van der Waals surface area contributed by atoms with Gasteiger partial charge in [-0.1, -0.05) is 23.7 Å². The second-order valence-electron chi connectivity index (χ2n) is 5.96. The molecule has 2 aliphatic rings. The molecule has 2 aromatic rings. The van der Waals surface area contributed by atoms with Crippen molar-refractivity contribution in [2.24, 2.45) is 5.92 Å². The molecule has 0 saturated carbocycles. The summed E-state index contributed by atoms with van der Waals surface area (Å²) in [4.78, 5) is 16.9. The minimum absolute atomic E-state index is 0.0310. The van der Waals surface area contributed by atoms with Crippen LogP contribution in [0.1, 0.15) is 30.9 Å². The summed E-state index contributed by atoms with van der Waals surface area (Å²) in [5.41, 5.74) is 3.19. The van der Waals surface area contributed by atoms with Gasteiger partial charge in [0.1, 0.15) is 5.78 Å². The van der Waals surface area contributed by atoms with Crippen molar-refractivity contribution < 1.29 is 9.53 Å². The summed E-state index contributed by atoms with van der Waals surface area (Å²) in [6.07, 6.45) is 5.78. The lowest BCUT2D eigenvalue weighted by atomic mass is 9.89. The van der Waals surface area contributed by atoms with Gasteiger partial charge in [0.15, 0.2) is 0 Å². The predicted molar refractivity (Wildman–Crippen MR) is 84.0 cm³/mol. The number of benzene rings is 1. The fraction of sp³-hybridized carbons (Fsp3) is 0.412. The molecular weight excluding hydrogens is 300 g/mol. The van der Waals surface area contributed by atoms with Gasteiger partial charge in [-0.05, 0) is 18.9 Å². The Morgan fingerprint density at radius 1 is 1.36 bits per heavy atom. The molecule has 3 heterocycles. The maximum atomic E-state index is 12.7. The van der Waals surface area contributed by atoms with Gasteiger partial charge in [0.25, 0.3) is 0 Å². The lowest BCUT2D eigenvalue weighted by Crippen LogP contribution is -2.25. The van der Waals surface area contributed by atoms with Crippen molar-refractivity contribution >= 4 is 17.4 Å². The Morgan fingerprint density at radius 2 is 2.18 bits per heavy atom. The SMILES string of the molecule is O=C(CC1c2c(Cl)cccc2-c2cncn21)C1CCOCC1. The number of nitrogens with zero attached hydrogens (tertiary/aromatic N) is 2. The number of rotatable bonds is 3. The van der Waals surface area contributed by atoms with E-state index in [1.807, 2.05) is 24.4 Å². The zero-order valence-electron chi connectivity index (χ0n) is 12.2. The molecule has 0 aliphatic carbocycles. The van der Waals surface area contributed by atoms with Gasteiger partial charge >= 0.3 is 0 Å². The third-order valence-corrected chi connectivity index (χ3v) is 5.06. The number of imidazole rings is 1. The van der Waals surface area contributed by atoms with Crippen LogP contribution >= 0.6 is 11.6 Å². The van der Waals surface area contributed by atoms with E-state index in [2.05, 4.69) is 9.55 Å². The molecule has 0 spiro atoms. The summed E-state index contributed by atoms with van der Waals surface area (Å²) < 4.78 is 7.43. The minimum atomic E-state index is -0.0310. The molecule has 1 saturated heterocycles. The highest BCUT2D eigenvalue weighted by atomic mass is 35.5. The summed E-state index contributed by atoms with van der Waals surface area (Å²) >= 11 is 6.42. The minimum Gasteiger partial charge on any atom is -0.381 e. The Bertz CT molecular complexity index is 719. The Kier molecular flexibility index (Phi) is 3.51. The van der Waals surface area contributed by atoms with Crippen LogP contribution in [0.5, 0.6) is 0 Å². The van der Waals surface area contributed by atoms with Crippen LogP contribution in [0, 0.1) is 5.92 Å². The second-order valence-corrected chi connectivity index (χ2v) is 6.37. The summed E-state index contributed by atoms with van der Waals surface area (Å²) in [5.74, 6) is 0.424. The molecule has 0 radical (unpaired) electrons. The van der Waals surface area contributed by atoms with Gasteiger partial charge in [-0.15, -0.1) is 0 Å². The highest BCUT2D eigenvalue weighted by Crippen LogP contribution is 2.44. The molecule has 114 valence electrons. The van der Waals surface area contributed by atoms with Crippen LogP contribution in [0.15, 0.2) is 30.7 Å². The van der Waals surface area contributed by atoms with Gasteiger partial charge in [-0.3, -0.25) is 4.79 Å². The highest BCUT2D eigenvalue weighted by Gasteiger charge is 2.33. The summed E-state index contributed by atoms with van der Waals surface area (Å²) in [7, 11) is 0. The molecule has 4 rings (SSSR count). The van der Waals surface area contributed by atoms with Gasteiger partial charge in [0.05, 0.1) is 24.3 Å². The molecule has 4 nitrogen and oxygen atoms in total. The zero-order valence-corrected chi connectivity index (χ0v) is 12.9. The molecule has 0 N–H and O–H groups in total. The number of hydrogen-bond acceptors (Lipinski definition) is 3. The first-order valence-electron chi connectivity index (χ1n) is 7.67. The average Bonchev–Trinajstić information content (AvgIpc) is 3.12. The van der Waals surface area contributed by atoms with E-state index in [1.165, 1.54) is 0 Å². The first-order valence-corrected chi connectivity index (χ1v) is 8.04. The van der Waals surface area contributed by atoms with E-state index >= 15 is 0 Å². The largest absolute Gasteiger partial charge is 0.381 e. The normalized spacial score (nSPS) is 20.7. The smallest absolute Gasteiger partial charge is 0.138 e. The van der Waals surface area contributed by atoms with Crippen LogP contribution in [0.2, 0.25) is 5.02 Å². The Morgan fingerprint density at radius 3 is 3.00 bits per heavy atom. The van der Waals surface area contributed by atoms with Crippen LogP contribution in [-0.2, 0) is 9.53 Å². The van der Waals surface area contributed by atoms with Gasteiger partial charge in [0, 0.05) is 41.7 Å². The summed E-state index contributed by atoms with van der Waals surface area (Å²) in [6.45, 7) is 1.38. The molecule has 22 heavy (non-hydrogen) atoms. The van der Waals surface area contributed by atoms with Crippen molar-refractivity contribution in [3.63, 3.8) is 0 Å². The predicted octanol–water partition coefficient (Wildman–Crippen LogP) is 3.49. The number of ketones is 1. The second kappa shape index (κ2) is 5.52. The maximum absolute atomic E-state index is 12.7. The molecule has 2 aliphatic heterocycles. The van der Waals surface area contributed by atoms with E-state index in [0.717, 1.165) is 34.7 Å². The fourth-order valence-corrected chi connectivity index (χ4v) is 3.88. The van der Waals surface area contributed by atoms with E-state index in [-0.39, 0.29) is 12.0 Å². The van der Waals surface area contributed by atoms with Crippen LogP contribution in [0.25, 0.3) is 11.3 Å². The highest BCUT2D eigenvalue weighted by molar-refractivity contribution is 6.32. The molecule has 0 amide bonds. The molecule has 0 bridgehead atoms. The van der Waals surface area contributed by atoms with E-state index in [4.69, 9.17) is 16.3 Å². The van der Waals surface area contributed by atoms with Crippen LogP contribution in [0.4, 0.5) is 0 Å². The van der Waals surface area contributed by atoms with Crippen molar-refractivity contribution in [1.29, 1.82) is 0 Å². The van der Waals surface area contributed by atoms with E-state index in [1.54, 1.807) is 6.33 Å². The van der Waals surface area contributed by atoms with Crippen molar-refractivity contribution in [2.45, 2.75) is 25.3 Å². The molecule has 1 atom stereocenters. The Balaban J connectivity index is 1.66. The number of hydrogen-bond donors (Lipinski definition) is 0. The first kappa shape index (κ1) is 14.0. The average molecular weight is 317 g/mol. The molecule has 5 heteroatoms. The topological polar surface area (TPSA) is 44.1 Å².